The predicted octanol–water partition coefficient (Wildman–Crippen LogP) is 2.51. The molecule has 7 nitrogen and oxygen atoms in total. The van der Waals surface area contributed by atoms with E-state index in [1.807, 2.05) is 36.4 Å². The average molecular weight is 427 g/mol. The first-order chi connectivity index (χ1) is 15.0. The highest BCUT2D eigenvalue weighted by molar-refractivity contribution is 5.96. The Morgan fingerprint density at radius 1 is 1.10 bits per heavy atom. The molecule has 1 unspecified atom stereocenters. The normalized spacial score (nSPS) is 15.4. The van der Waals surface area contributed by atoms with Gasteiger partial charge >= 0.3 is 0 Å². The van der Waals surface area contributed by atoms with Crippen molar-refractivity contribution in [2.45, 2.75) is 25.0 Å². The zero-order chi connectivity index (χ0) is 22.2. The van der Waals surface area contributed by atoms with E-state index in [1.54, 1.807) is 30.1 Å². The van der Waals surface area contributed by atoms with Crippen LogP contribution in [0.15, 0.2) is 54.6 Å². The number of carbonyl (C=O) groups is 2. The second-order valence-corrected chi connectivity index (χ2v) is 7.74. The molecule has 31 heavy (non-hydrogen) atoms. The zero-order valence-corrected chi connectivity index (χ0v) is 18.1. The highest BCUT2D eigenvalue weighted by Crippen LogP contribution is 2.25. The van der Waals surface area contributed by atoms with Crippen molar-refractivity contribution in [1.82, 2.24) is 9.80 Å². The number of carbonyl (C=O) groups excluding carboxylic acids is 2. The molecule has 0 spiro atoms. The first-order valence-corrected chi connectivity index (χ1v) is 10.5. The number of likely N-dealkylation sites (N-methyl/N-ethyl adjacent to an activating group) is 1. The van der Waals surface area contributed by atoms with Gasteiger partial charge in [-0.3, -0.25) is 9.59 Å². The van der Waals surface area contributed by atoms with Crippen molar-refractivity contribution in [3.8, 4) is 5.75 Å². The van der Waals surface area contributed by atoms with Crippen LogP contribution < -0.4 is 4.74 Å². The van der Waals surface area contributed by atoms with Crippen LogP contribution in [0, 0.1) is 0 Å². The molecule has 0 aromatic heterocycles. The summed E-state index contributed by atoms with van der Waals surface area (Å²) in [6.07, 6.45) is 0.555. The van der Waals surface area contributed by atoms with Gasteiger partial charge in [0.2, 0.25) is 5.91 Å². The van der Waals surface area contributed by atoms with E-state index >= 15 is 0 Å². The molecular formula is C24H30N2O5. The Labute approximate surface area is 183 Å². The van der Waals surface area contributed by atoms with Gasteiger partial charge in [-0.1, -0.05) is 42.5 Å². The highest BCUT2D eigenvalue weighted by Gasteiger charge is 2.26. The number of nitrogens with zero attached hydrogens (tertiary/aromatic N) is 2. The SMILES string of the molecule is COCC(=O)N1CCC(Oc2ccccc2C(=O)N(C)CC(O)c2ccccc2)CC1. The molecule has 2 amide bonds. The third-order valence-electron chi connectivity index (χ3n) is 5.45. The molecule has 1 heterocycles. The van der Waals surface area contributed by atoms with Crippen LogP contribution >= 0.6 is 0 Å². The van der Waals surface area contributed by atoms with Crippen LogP contribution in [0.25, 0.3) is 0 Å². The summed E-state index contributed by atoms with van der Waals surface area (Å²) < 4.78 is 11.1. The molecule has 3 rings (SSSR count). The highest BCUT2D eigenvalue weighted by atomic mass is 16.5. The smallest absolute Gasteiger partial charge is 0.257 e. The van der Waals surface area contributed by atoms with Crippen LogP contribution in [-0.4, -0.2) is 73.2 Å². The Kier molecular flexibility index (Phi) is 8.03. The first kappa shape index (κ1) is 22.8. The van der Waals surface area contributed by atoms with Gasteiger partial charge in [0.25, 0.3) is 5.91 Å². The molecule has 166 valence electrons. The van der Waals surface area contributed by atoms with E-state index in [1.165, 1.54) is 12.0 Å². The first-order valence-electron chi connectivity index (χ1n) is 10.5. The van der Waals surface area contributed by atoms with E-state index in [4.69, 9.17) is 9.47 Å². The van der Waals surface area contributed by atoms with Crippen molar-refractivity contribution in [2.75, 3.05) is 40.4 Å². The van der Waals surface area contributed by atoms with Crippen LogP contribution in [0.1, 0.15) is 34.9 Å². The quantitative estimate of drug-likeness (QED) is 0.702. The van der Waals surface area contributed by atoms with Crippen molar-refractivity contribution in [2.24, 2.45) is 0 Å². The van der Waals surface area contributed by atoms with Crippen molar-refractivity contribution in [3.05, 3.63) is 65.7 Å². The van der Waals surface area contributed by atoms with Crippen molar-refractivity contribution >= 4 is 11.8 Å². The van der Waals surface area contributed by atoms with Gasteiger partial charge in [0.05, 0.1) is 18.2 Å². The van der Waals surface area contributed by atoms with E-state index in [-0.39, 0.29) is 31.1 Å². The molecule has 1 aliphatic rings. The maximum atomic E-state index is 13.1. The summed E-state index contributed by atoms with van der Waals surface area (Å²) in [6, 6.07) is 16.4. The Hall–Kier alpha value is -2.90. The third kappa shape index (κ3) is 6.06. The molecule has 1 saturated heterocycles. The lowest BCUT2D eigenvalue weighted by Gasteiger charge is -2.32. The van der Waals surface area contributed by atoms with E-state index < -0.39 is 6.10 Å². The Morgan fingerprint density at radius 3 is 2.42 bits per heavy atom. The number of piperidine rings is 1. The molecule has 1 N–H and O–H groups in total. The second-order valence-electron chi connectivity index (χ2n) is 7.74. The monoisotopic (exact) mass is 426 g/mol. The van der Waals surface area contributed by atoms with Gasteiger partial charge in [0, 0.05) is 40.1 Å². The van der Waals surface area contributed by atoms with Gasteiger partial charge in [0.1, 0.15) is 18.5 Å². The van der Waals surface area contributed by atoms with Crippen LogP contribution in [0.5, 0.6) is 5.75 Å². The van der Waals surface area contributed by atoms with E-state index in [2.05, 4.69) is 0 Å². The topological polar surface area (TPSA) is 79.3 Å². The van der Waals surface area contributed by atoms with Crippen LogP contribution in [0.2, 0.25) is 0 Å². The lowest BCUT2D eigenvalue weighted by atomic mass is 10.1. The Balaban J connectivity index is 1.61. The molecule has 0 bridgehead atoms. The van der Waals surface area contributed by atoms with Gasteiger partial charge in [-0.05, 0) is 17.7 Å². The fourth-order valence-corrected chi connectivity index (χ4v) is 3.69. The van der Waals surface area contributed by atoms with Crippen LogP contribution in [0.3, 0.4) is 0 Å². The summed E-state index contributed by atoms with van der Waals surface area (Å²) in [4.78, 5) is 28.3. The van der Waals surface area contributed by atoms with E-state index in [0.717, 1.165) is 5.56 Å². The number of likely N-dealkylation sites (tertiary alicyclic amines) is 1. The molecule has 2 aromatic carbocycles. The summed E-state index contributed by atoms with van der Waals surface area (Å²) in [7, 11) is 3.18. The third-order valence-corrected chi connectivity index (χ3v) is 5.45. The Morgan fingerprint density at radius 2 is 1.74 bits per heavy atom. The number of rotatable bonds is 8. The summed E-state index contributed by atoms with van der Waals surface area (Å²) in [5.41, 5.74) is 1.23. The number of hydrogen-bond donors (Lipinski definition) is 1. The summed E-state index contributed by atoms with van der Waals surface area (Å²) >= 11 is 0. The number of methoxy groups -OCH3 is 1. The van der Waals surface area contributed by atoms with E-state index in [0.29, 0.717) is 37.2 Å². The largest absolute Gasteiger partial charge is 0.489 e. The molecule has 1 aliphatic heterocycles. The molecule has 1 atom stereocenters. The predicted molar refractivity (Wildman–Crippen MR) is 117 cm³/mol. The number of para-hydroxylation sites is 1. The van der Waals surface area contributed by atoms with Gasteiger partial charge < -0.3 is 24.4 Å². The zero-order valence-electron chi connectivity index (χ0n) is 18.1. The Bertz CT molecular complexity index is 865. The van der Waals surface area contributed by atoms with Gasteiger partial charge in [-0.2, -0.15) is 0 Å². The average Bonchev–Trinajstić information content (AvgIpc) is 2.80. The molecule has 0 radical (unpaired) electrons. The second kappa shape index (κ2) is 10.9. The fraction of sp³-hybridized carbons (Fsp3) is 0.417. The molecule has 0 aliphatic carbocycles. The molecule has 1 fully saturated rings. The molecular weight excluding hydrogens is 396 g/mol. The minimum absolute atomic E-state index is 0.0184. The van der Waals surface area contributed by atoms with Crippen molar-refractivity contribution in [1.29, 1.82) is 0 Å². The van der Waals surface area contributed by atoms with Gasteiger partial charge in [-0.15, -0.1) is 0 Å². The van der Waals surface area contributed by atoms with Gasteiger partial charge in [-0.25, -0.2) is 0 Å². The number of amides is 2. The standard InChI is InChI=1S/C24H30N2O5/c1-25(16-21(27)18-8-4-3-5-9-18)24(29)20-10-6-7-11-22(20)31-19-12-14-26(15-13-19)23(28)17-30-2/h3-11,19,21,27H,12-17H2,1-2H3. The van der Waals surface area contributed by atoms with Crippen LogP contribution in [0.4, 0.5) is 0 Å². The maximum absolute atomic E-state index is 13.1. The minimum atomic E-state index is -0.766. The molecule has 7 heteroatoms. The fourth-order valence-electron chi connectivity index (χ4n) is 3.69. The number of benzene rings is 2. The number of ether oxygens (including phenoxy) is 2. The number of aliphatic hydroxyl groups is 1. The minimum Gasteiger partial charge on any atom is -0.489 e. The molecule has 0 saturated carbocycles. The lowest BCUT2D eigenvalue weighted by Crippen LogP contribution is -2.43. The molecule has 2 aromatic rings. The number of aliphatic hydroxyl groups excluding tert-OH is 1. The lowest BCUT2D eigenvalue weighted by molar-refractivity contribution is -0.136. The summed E-state index contributed by atoms with van der Waals surface area (Å²) in [6.45, 7) is 1.47. The van der Waals surface area contributed by atoms with Gasteiger partial charge in [0.15, 0.2) is 0 Å². The van der Waals surface area contributed by atoms with Crippen molar-refractivity contribution < 1.29 is 24.2 Å². The van der Waals surface area contributed by atoms with E-state index in [9.17, 15) is 14.7 Å². The number of hydrogen-bond acceptors (Lipinski definition) is 5. The summed E-state index contributed by atoms with van der Waals surface area (Å²) in [5.74, 6) is 0.295. The van der Waals surface area contributed by atoms with Crippen molar-refractivity contribution in [3.63, 3.8) is 0 Å². The van der Waals surface area contributed by atoms with Crippen LogP contribution in [-0.2, 0) is 9.53 Å². The maximum Gasteiger partial charge on any atom is 0.257 e. The summed E-state index contributed by atoms with van der Waals surface area (Å²) in [5, 5.41) is 10.5.